The van der Waals surface area contributed by atoms with Gasteiger partial charge in [-0.3, -0.25) is 0 Å². The largest absolute Gasteiger partial charge is 0.773 e. The van der Waals surface area contributed by atoms with E-state index in [-0.39, 0.29) is 0 Å². The molecule has 0 rings (SSSR count). The van der Waals surface area contributed by atoms with Crippen LogP contribution in [-0.4, -0.2) is 11.2 Å². The quantitative estimate of drug-likeness (QED) is 0.526. The van der Waals surface area contributed by atoms with Crippen LogP contribution in [0, 0.1) is 0 Å². The molecule has 0 amide bonds. The van der Waals surface area contributed by atoms with Crippen LogP contribution in [0.2, 0.25) is 0 Å². The summed E-state index contributed by atoms with van der Waals surface area (Å²) in [6.07, 6.45) is 0. The molecule has 0 aromatic rings. The van der Waals surface area contributed by atoms with Crippen molar-refractivity contribution in [1.29, 1.82) is 0 Å². The summed E-state index contributed by atoms with van der Waals surface area (Å²) in [4.78, 5) is 0. The lowest BCUT2D eigenvalue weighted by Gasteiger charge is -2.04. The molecule has 0 aliphatic rings. The summed E-state index contributed by atoms with van der Waals surface area (Å²) in [6.45, 7) is 2.17. The third kappa shape index (κ3) is 4.49. The van der Waals surface area contributed by atoms with Gasteiger partial charge in [-0.1, -0.05) is 10.0 Å². The predicted molar refractivity (Wildman–Crippen MR) is 27.1 cm³/mol. The van der Waals surface area contributed by atoms with Gasteiger partial charge in [0.1, 0.15) is 0 Å². The average molecular weight is 125 g/mol. The fourth-order valence-corrected chi connectivity index (χ4v) is 0.577. The Morgan fingerprint density at radius 1 is 2.00 bits per heavy atom. The van der Waals surface area contributed by atoms with Gasteiger partial charge >= 0.3 is 0 Å². The van der Waals surface area contributed by atoms with Crippen LogP contribution in [0.3, 0.4) is 0 Å². The van der Waals surface area contributed by atoms with Crippen molar-refractivity contribution in [2.24, 2.45) is 0 Å². The maximum atomic E-state index is 9.75. The summed E-state index contributed by atoms with van der Waals surface area (Å²) in [5, 5.41) is 0. The standard InChI is InChI=1S/C2H6O2S2/c1-2-4-6(3)5/h2H2,1H3,(H,3,5)/p-1. The van der Waals surface area contributed by atoms with Crippen LogP contribution in [0.25, 0.3) is 0 Å². The highest BCUT2D eigenvalue weighted by molar-refractivity contribution is 8.23. The molecule has 0 spiro atoms. The smallest absolute Gasteiger partial charge is 0.0574 e. The minimum Gasteiger partial charge on any atom is -0.773 e. The van der Waals surface area contributed by atoms with E-state index in [4.69, 9.17) is 0 Å². The highest BCUT2D eigenvalue weighted by Crippen LogP contribution is 1.74. The first-order valence-corrected chi connectivity index (χ1v) is 3.50. The lowest BCUT2D eigenvalue weighted by molar-refractivity contribution is 0.352. The van der Waals surface area contributed by atoms with Crippen molar-refractivity contribution in [1.82, 2.24) is 0 Å². The topological polar surface area (TPSA) is 32.3 Å². The molecule has 6 heavy (non-hydrogen) atoms. The second-order valence-electron chi connectivity index (χ2n) is 0.611. The van der Waals surface area contributed by atoms with Crippen LogP contribution in [0.15, 0.2) is 0 Å². The van der Waals surface area contributed by atoms with Gasteiger partial charge in [0, 0.05) is 0 Å². The monoisotopic (exact) mass is 125 g/mol. The molecular weight excluding hydrogens is 120 g/mol. The number of rotatable bonds is 2. The second kappa shape index (κ2) is 3.67. The van der Waals surface area contributed by atoms with Gasteiger partial charge in [0.25, 0.3) is 0 Å². The van der Waals surface area contributed by atoms with Crippen molar-refractivity contribution in [3.8, 4) is 0 Å². The summed E-state index contributed by atoms with van der Waals surface area (Å²) in [5.74, 6) is 0. The van der Waals surface area contributed by atoms with Gasteiger partial charge in [0.05, 0.1) is 6.61 Å². The number of hydrogen-bond donors (Lipinski definition) is 0. The summed E-state index contributed by atoms with van der Waals surface area (Å²) in [7, 11) is -1.48. The van der Waals surface area contributed by atoms with Crippen molar-refractivity contribution < 1.29 is 8.74 Å². The maximum Gasteiger partial charge on any atom is 0.0574 e. The van der Waals surface area contributed by atoms with E-state index in [1.54, 1.807) is 6.92 Å². The van der Waals surface area contributed by atoms with Gasteiger partial charge in [-0.15, -0.1) is 0 Å². The molecular formula is C2H5O2S2-. The van der Waals surface area contributed by atoms with Crippen LogP contribution in [-0.2, 0) is 25.4 Å². The van der Waals surface area contributed by atoms with E-state index in [1.165, 1.54) is 0 Å². The van der Waals surface area contributed by atoms with E-state index in [1.807, 2.05) is 0 Å². The molecule has 1 unspecified atom stereocenters. The van der Waals surface area contributed by atoms with Crippen LogP contribution in [0.4, 0.5) is 0 Å². The molecule has 38 valence electrons. The fourth-order valence-electron chi connectivity index (χ4n) is 0.0962. The van der Waals surface area contributed by atoms with Gasteiger partial charge in [-0.05, 0) is 18.1 Å². The molecule has 0 saturated heterocycles. The van der Waals surface area contributed by atoms with Crippen molar-refractivity contribution in [3.05, 3.63) is 0 Å². The molecule has 0 heterocycles. The molecule has 0 saturated carbocycles. The molecule has 0 bridgehead atoms. The third-order valence-corrected chi connectivity index (χ3v) is 0.931. The van der Waals surface area contributed by atoms with Crippen molar-refractivity contribution in [3.63, 3.8) is 0 Å². The second-order valence-corrected chi connectivity index (χ2v) is 2.07. The van der Waals surface area contributed by atoms with Gasteiger partial charge in [-0.2, -0.15) is 0 Å². The highest BCUT2D eigenvalue weighted by Gasteiger charge is 1.66. The zero-order valence-corrected chi connectivity index (χ0v) is 4.97. The molecule has 1 atom stereocenters. The summed E-state index contributed by atoms with van der Waals surface area (Å²) in [6, 6.07) is 0. The maximum absolute atomic E-state index is 9.75. The van der Waals surface area contributed by atoms with Crippen LogP contribution >= 0.6 is 0 Å². The molecule has 0 radical (unpaired) electrons. The van der Waals surface area contributed by atoms with Gasteiger partial charge in [0.15, 0.2) is 0 Å². The Morgan fingerprint density at radius 2 is 2.50 bits per heavy atom. The van der Waals surface area contributed by atoms with E-state index in [0.29, 0.717) is 6.61 Å². The van der Waals surface area contributed by atoms with Crippen molar-refractivity contribution >= 4 is 21.2 Å². The zero-order valence-electron chi connectivity index (χ0n) is 3.34. The van der Waals surface area contributed by atoms with E-state index >= 15 is 0 Å². The molecule has 0 aliphatic carbocycles. The van der Waals surface area contributed by atoms with Gasteiger partial charge in [0.2, 0.25) is 0 Å². The minimum atomic E-state index is -1.48. The Bertz CT molecular complexity index is 53.5. The molecule has 0 aromatic heterocycles. The molecule has 0 N–H and O–H groups in total. The molecule has 0 aliphatic heterocycles. The van der Waals surface area contributed by atoms with E-state index < -0.39 is 10.0 Å². The third-order valence-electron chi connectivity index (χ3n) is 0.214. The molecule has 2 nitrogen and oxygen atoms in total. The first-order chi connectivity index (χ1) is 2.77. The molecule has 0 aromatic carbocycles. The fraction of sp³-hybridized carbons (Fsp3) is 1.00. The Kier molecular flexibility index (Phi) is 3.97. The van der Waals surface area contributed by atoms with E-state index in [0.717, 1.165) is 0 Å². The Balaban J connectivity index is 2.83. The normalized spacial score (nSPS) is 14.3. The summed E-state index contributed by atoms with van der Waals surface area (Å²) in [5.41, 5.74) is 0. The molecule has 0 fully saturated rings. The zero-order chi connectivity index (χ0) is 4.99. The van der Waals surface area contributed by atoms with Crippen molar-refractivity contribution in [2.45, 2.75) is 6.92 Å². The Hall–Kier alpha value is 0.490. The number of hydrogen-bond acceptors (Lipinski definition) is 3. The van der Waals surface area contributed by atoms with Crippen LogP contribution in [0.1, 0.15) is 6.92 Å². The highest BCUT2D eigenvalue weighted by atomic mass is 32.8. The van der Waals surface area contributed by atoms with Crippen LogP contribution in [0.5, 0.6) is 0 Å². The Labute approximate surface area is 44.1 Å². The minimum absolute atomic E-state index is 0.427. The first-order valence-electron chi connectivity index (χ1n) is 1.50. The molecule has 4 heteroatoms. The van der Waals surface area contributed by atoms with Gasteiger partial charge < -0.3 is 8.74 Å². The SMILES string of the molecule is CCOS([O-])=S. The predicted octanol–water partition coefficient (Wildman–Crippen LogP) is 0.149. The van der Waals surface area contributed by atoms with E-state index in [9.17, 15) is 4.55 Å². The lowest BCUT2D eigenvalue weighted by atomic mass is 10.9. The summed E-state index contributed by atoms with van der Waals surface area (Å²) >= 11 is 4.13. The average Bonchev–Trinajstić information content (AvgIpc) is 1.35. The van der Waals surface area contributed by atoms with Crippen molar-refractivity contribution in [2.75, 3.05) is 6.61 Å². The van der Waals surface area contributed by atoms with E-state index in [2.05, 4.69) is 15.4 Å². The Morgan fingerprint density at radius 3 is 2.50 bits per heavy atom. The summed E-state index contributed by atoms with van der Waals surface area (Å²) < 4.78 is 14.1. The lowest BCUT2D eigenvalue weighted by Crippen LogP contribution is -1.90. The van der Waals surface area contributed by atoms with Crippen LogP contribution < -0.4 is 0 Å². The first kappa shape index (κ1) is 6.49. The van der Waals surface area contributed by atoms with Gasteiger partial charge in [-0.25, -0.2) is 0 Å².